The van der Waals surface area contributed by atoms with E-state index in [9.17, 15) is 0 Å². The predicted octanol–water partition coefficient (Wildman–Crippen LogP) is 3.42. The van der Waals surface area contributed by atoms with E-state index in [0.717, 1.165) is 21.2 Å². The number of aromatic nitrogens is 3. The summed E-state index contributed by atoms with van der Waals surface area (Å²) in [4.78, 5) is 1.56. The van der Waals surface area contributed by atoms with Crippen LogP contribution in [-0.2, 0) is 0 Å². The van der Waals surface area contributed by atoms with Crippen LogP contribution in [0.3, 0.4) is 0 Å². The number of nitrogens with two attached hydrogens (primary N) is 1. The summed E-state index contributed by atoms with van der Waals surface area (Å²) in [6.07, 6.45) is 0. The minimum Gasteiger partial charge on any atom is -0.398 e. The fraction of sp³-hybridized carbons (Fsp3) is 0. The first-order valence-electron chi connectivity index (χ1n) is 5.21. The summed E-state index contributed by atoms with van der Waals surface area (Å²) in [5, 5.41) is 9.45. The van der Waals surface area contributed by atoms with E-state index in [1.54, 1.807) is 23.0 Å². The number of halogens is 2. The second-order valence-corrected chi connectivity index (χ2v) is 5.12. The molecule has 2 N–H and O–H groups in total. The Morgan fingerprint density at radius 1 is 1.06 bits per heavy atom. The third-order valence-electron chi connectivity index (χ3n) is 2.56. The van der Waals surface area contributed by atoms with Gasteiger partial charge in [0.1, 0.15) is 11.0 Å². The molecule has 0 aliphatic rings. The lowest BCUT2D eigenvalue weighted by Gasteiger charge is -1.97. The van der Waals surface area contributed by atoms with Crippen LogP contribution < -0.4 is 5.73 Å². The Hall–Kier alpha value is -1.59. The number of nitrogens with zero attached hydrogens (tertiary/aromatic N) is 3. The molecule has 2 aromatic carbocycles. The van der Waals surface area contributed by atoms with Crippen LogP contribution in [0.15, 0.2) is 40.9 Å². The van der Waals surface area contributed by atoms with Gasteiger partial charge >= 0.3 is 0 Å². The van der Waals surface area contributed by atoms with Gasteiger partial charge in [0.05, 0.1) is 5.69 Å². The van der Waals surface area contributed by atoms with Crippen molar-refractivity contribution in [3.8, 4) is 5.69 Å². The van der Waals surface area contributed by atoms with Crippen LogP contribution in [0, 0.1) is 0 Å². The van der Waals surface area contributed by atoms with Crippen LogP contribution in [0.5, 0.6) is 0 Å². The molecular weight excluding hydrogens is 316 g/mol. The molecule has 0 aliphatic heterocycles. The quantitative estimate of drug-likeness (QED) is 0.698. The second-order valence-electron chi connectivity index (χ2n) is 3.83. The number of fused-ring (bicyclic) bond motifs is 1. The van der Waals surface area contributed by atoms with Gasteiger partial charge in [-0.3, -0.25) is 0 Å². The van der Waals surface area contributed by atoms with Crippen LogP contribution in [-0.4, -0.2) is 15.0 Å². The highest BCUT2D eigenvalue weighted by molar-refractivity contribution is 9.10. The van der Waals surface area contributed by atoms with Crippen molar-refractivity contribution in [3.05, 3.63) is 45.9 Å². The highest BCUT2D eigenvalue weighted by Crippen LogP contribution is 2.24. The zero-order chi connectivity index (χ0) is 12.7. The number of hydrogen-bond acceptors (Lipinski definition) is 3. The van der Waals surface area contributed by atoms with Crippen molar-refractivity contribution in [2.75, 3.05) is 5.73 Å². The maximum Gasteiger partial charge on any atom is 0.115 e. The Morgan fingerprint density at radius 3 is 2.33 bits per heavy atom. The molecular formula is C12H8BrClN4. The topological polar surface area (TPSA) is 56.7 Å². The molecule has 0 saturated carbocycles. The monoisotopic (exact) mass is 322 g/mol. The van der Waals surface area contributed by atoms with Crippen LogP contribution in [0.1, 0.15) is 0 Å². The Bertz CT molecular complexity index is 682. The third-order valence-corrected chi connectivity index (χ3v) is 3.50. The molecule has 0 saturated heterocycles. The van der Waals surface area contributed by atoms with E-state index in [4.69, 9.17) is 17.3 Å². The Labute approximate surface area is 116 Å². The fourth-order valence-electron chi connectivity index (χ4n) is 1.64. The molecule has 0 amide bonds. The molecule has 18 heavy (non-hydrogen) atoms. The van der Waals surface area contributed by atoms with Crippen molar-refractivity contribution in [1.29, 1.82) is 0 Å². The van der Waals surface area contributed by atoms with Gasteiger partial charge in [-0.1, -0.05) is 11.6 Å². The van der Waals surface area contributed by atoms with E-state index in [2.05, 4.69) is 26.1 Å². The SMILES string of the molecule is Nc1cc2nn(-c3ccc(Cl)cc3)nc2cc1Br. The van der Waals surface area contributed by atoms with Crippen molar-refractivity contribution in [1.82, 2.24) is 15.0 Å². The van der Waals surface area contributed by atoms with Crippen molar-refractivity contribution >= 4 is 44.3 Å². The van der Waals surface area contributed by atoms with E-state index in [1.165, 1.54) is 0 Å². The first-order chi connectivity index (χ1) is 8.63. The number of rotatable bonds is 1. The van der Waals surface area contributed by atoms with Gasteiger partial charge in [0.2, 0.25) is 0 Å². The van der Waals surface area contributed by atoms with Crippen LogP contribution in [0.25, 0.3) is 16.7 Å². The summed E-state index contributed by atoms with van der Waals surface area (Å²) in [5.41, 5.74) is 8.85. The fourth-order valence-corrected chi connectivity index (χ4v) is 2.10. The number of benzene rings is 2. The number of anilines is 1. The van der Waals surface area contributed by atoms with Gasteiger partial charge in [-0.25, -0.2) is 0 Å². The maximum atomic E-state index is 5.85. The predicted molar refractivity (Wildman–Crippen MR) is 76.0 cm³/mol. The molecule has 0 bridgehead atoms. The minimum atomic E-state index is 0.644. The maximum absolute atomic E-state index is 5.85. The van der Waals surface area contributed by atoms with Gasteiger partial charge in [-0.2, -0.15) is 4.80 Å². The lowest BCUT2D eigenvalue weighted by atomic mass is 10.3. The molecule has 0 unspecified atom stereocenters. The molecule has 3 rings (SSSR count). The van der Waals surface area contributed by atoms with Gasteiger partial charge in [0, 0.05) is 15.2 Å². The lowest BCUT2D eigenvalue weighted by molar-refractivity contribution is 0.766. The average Bonchev–Trinajstić information content (AvgIpc) is 2.73. The number of hydrogen-bond donors (Lipinski definition) is 1. The summed E-state index contributed by atoms with van der Waals surface area (Å²) in [5.74, 6) is 0. The van der Waals surface area contributed by atoms with Gasteiger partial charge in [0.25, 0.3) is 0 Å². The Kier molecular flexibility index (Phi) is 2.72. The zero-order valence-electron chi connectivity index (χ0n) is 9.14. The first kappa shape index (κ1) is 11.5. The van der Waals surface area contributed by atoms with Crippen molar-refractivity contribution in [2.45, 2.75) is 0 Å². The van der Waals surface area contributed by atoms with Crippen molar-refractivity contribution in [2.24, 2.45) is 0 Å². The summed E-state index contributed by atoms with van der Waals surface area (Å²) in [6.45, 7) is 0. The van der Waals surface area contributed by atoms with E-state index in [1.807, 2.05) is 18.2 Å². The van der Waals surface area contributed by atoms with Crippen molar-refractivity contribution < 1.29 is 0 Å². The summed E-state index contributed by atoms with van der Waals surface area (Å²) >= 11 is 9.22. The molecule has 1 aromatic heterocycles. The van der Waals surface area contributed by atoms with Gasteiger partial charge in [-0.15, -0.1) is 10.2 Å². The second kappa shape index (κ2) is 4.26. The van der Waals surface area contributed by atoms with Crippen LogP contribution in [0.2, 0.25) is 5.02 Å². The molecule has 4 nitrogen and oxygen atoms in total. The number of nitrogen functional groups attached to an aromatic ring is 1. The molecule has 0 spiro atoms. The van der Waals surface area contributed by atoms with Crippen LogP contribution in [0.4, 0.5) is 5.69 Å². The molecule has 0 aliphatic carbocycles. The van der Waals surface area contributed by atoms with Crippen LogP contribution >= 0.6 is 27.5 Å². The summed E-state index contributed by atoms with van der Waals surface area (Å²) in [6, 6.07) is 11.0. The van der Waals surface area contributed by atoms with E-state index >= 15 is 0 Å². The van der Waals surface area contributed by atoms with Crippen molar-refractivity contribution in [3.63, 3.8) is 0 Å². The van der Waals surface area contributed by atoms with E-state index in [0.29, 0.717) is 10.7 Å². The van der Waals surface area contributed by atoms with Gasteiger partial charge < -0.3 is 5.73 Å². The van der Waals surface area contributed by atoms with Gasteiger partial charge in [0.15, 0.2) is 0 Å². The highest BCUT2D eigenvalue weighted by atomic mass is 79.9. The molecule has 1 heterocycles. The molecule has 6 heteroatoms. The smallest absolute Gasteiger partial charge is 0.115 e. The molecule has 90 valence electrons. The first-order valence-corrected chi connectivity index (χ1v) is 6.38. The molecule has 0 radical (unpaired) electrons. The molecule has 3 aromatic rings. The third kappa shape index (κ3) is 1.95. The normalized spacial score (nSPS) is 11.0. The standard InChI is InChI=1S/C12H8BrClN4/c13-9-5-11-12(6-10(9)15)17-18(16-11)8-3-1-7(14)2-4-8/h1-6H,15H2. The zero-order valence-corrected chi connectivity index (χ0v) is 11.5. The van der Waals surface area contributed by atoms with E-state index < -0.39 is 0 Å². The minimum absolute atomic E-state index is 0.644. The van der Waals surface area contributed by atoms with Gasteiger partial charge in [-0.05, 0) is 52.3 Å². The molecule has 0 fully saturated rings. The Morgan fingerprint density at radius 2 is 1.67 bits per heavy atom. The Balaban J connectivity index is 2.16. The largest absolute Gasteiger partial charge is 0.398 e. The van der Waals surface area contributed by atoms with E-state index in [-0.39, 0.29) is 0 Å². The lowest BCUT2D eigenvalue weighted by Crippen LogP contribution is -1.97. The highest BCUT2D eigenvalue weighted by Gasteiger charge is 2.07. The molecule has 0 atom stereocenters. The summed E-state index contributed by atoms with van der Waals surface area (Å²) < 4.78 is 0.818. The summed E-state index contributed by atoms with van der Waals surface area (Å²) in [7, 11) is 0. The average molecular weight is 324 g/mol.